The zero-order chi connectivity index (χ0) is 22.0. The molecule has 2 aliphatic rings. The van der Waals surface area contributed by atoms with Crippen molar-refractivity contribution < 1.29 is 28.2 Å². The Balaban J connectivity index is 1.41. The van der Waals surface area contributed by atoms with Gasteiger partial charge >= 0.3 is 0 Å². The van der Waals surface area contributed by atoms with E-state index in [1.807, 2.05) is 12.1 Å². The number of nitrogens with zero attached hydrogens (tertiary/aromatic N) is 1. The molecule has 3 amide bonds. The molecule has 9 heteroatoms. The van der Waals surface area contributed by atoms with E-state index in [9.17, 15) is 18.8 Å². The summed E-state index contributed by atoms with van der Waals surface area (Å²) in [6.45, 7) is 0.605. The number of carbonyl (C=O) groups excluding carboxylic acids is 3. The molecule has 0 saturated carbocycles. The minimum atomic E-state index is -0.590. The normalized spacial score (nSPS) is 20.3. The standard InChI is InChI=1S/C22H19FN2O5S/c1-25-15(11-29-12-20(25)26)8-13-2-5-16(6-3-13)30-18-7-4-14(9-17(18)23)10-19-21(27)24-22(28)31-19/h2-7,9-10,15H,8,11-12H2,1H3,(H,24,27,28). The van der Waals surface area contributed by atoms with E-state index in [0.717, 1.165) is 17.3 Å². The number of ether oxygens (including phenoxy) is 2. The number of benzene rings is 2. The molecule has 1 atom stereocenters. The van der Waals surface area contributed by atoms with E-state index in [0.29, 0.717) is 24.3 Å². The van der Waals surface area contributed by atoms with Gasteiger partial charge in [-0.3, -0.25) is 19.7 Å². The Hall–Kier alpha value is -3.17. The van der Waals surface area contributed by atoms with Crippen molar-refractivity contribution in [1.82, 2.24) is 10.2 Å². The number of halogens is 1. The second-order valence-electron chi connectivity index (χ2n) is 7.17. The Morgan fingerprint density at radius 3 is 2.68 bits per heavy atom. The molecule has 2 heterocycles. The summed E-state index contributed by atoms with van der Waals surface area (Å²) in [5, 5.41) is 1.70. The fourth-order valence-electron chi connectivity index (χ4n) is 3.25. The molecule has 0 radical (unpaired) electrons. The van der Waals surface area contributed by atoms with Crippen molar-refractivity contribution in [2.24, 2.45) is 0 Å². The van der Waals surface area contributed by atoms with Gasteiger partial charge in [-0.05, 0) is 59.7 Å². The topological polar surface area (TPSA) is 84.9 Å². The van der Waals surface area contributed by atoms with Crippen LogP contribution in [0.25, 0.3) is 6.08 Å². The van der Waals surface area contributed by atoms with E-state index >= 15 is 0 Å². The molecule has 0 aromatic heterocycles. The van der Waals surface area contributed by atoms with Gasteiger partial charge in [0, 0.05) is 7.05 Å². The average Bonchev–Trinajstić information content (AvgIpc) is 3.05. The molecule has 31 heavy (non-hydrogen) atoms. The van der Waals surface area contributed by atoms with Crippen LogP contribution in [0.3, 0.4) is 0 Å². The van der Waals surface area contributed by atoms with E-state index in [-0.39, 0.29) is 29.2 Å². The minimum Gasteiger partial charge on any atom is -0.454 e. The Morgan fingerprint density at radius 1 is 1.23 bits per heavy atom. The summed E-state index contributed by atoms with van der Waals surface area (Å²) in [6.07, 6.45) is 2.09. The van der Waals surface area contributed by atoms with Crippen molar-refractivity contribution in [2.45, 2.75) is 12.5 Å². The second kappa shape index (κ2) is 8.91. The molecule has 0 spiro atoms. The lowest BCUT2D eigenvalue weighted by Gasteiger charge is -2.32. The van der Waals surface area contributed by atoms with Gasteiger partial charge in [0.05, 0.1) is 17.6 Å². The first-order chi connectivity index (χ1) is 14.9. The number of rotatable bonds is 5. The van der Waals surface area contributed by atoms with Crippen molar-refractivity contribution >= 4 is 34.9 Å². The van der Waals surface area contributed by atoms with Crippen LogP contribution in [0, 0.1) is 5.82 Å². The highest BCUT2D eigenvalue weighted by atomic mass is 32.2. The third-order valence-electron chi connectivity index (χ3n) is 5.00. The van der Waals surface area contributed by atoms with Gasteiger partial charge in [0.2, 0.25) is 5.91 Å². The summed E-state index contributed by atoms with van der Waals surface area (Å²) in [6, 6.07) is 11.5. The summed E-state index contributed by atoms with van der Waals surface area (Å²) in [5.41, 5.74) is 1.45. The molecule has 160 valence electrons. The number of hydrogen-bond acceptors (Lipinski definition) is 6. The van der Waals surface area contributed by atoms with Gasteiger partial charge in [-0.25, -0.2) is 4.39 Å². The lowest BCUT2D eigenvalue weighted by molar-refractivity contribution is -0.145. The molecule has 2 aromatic carbocycles. The van der Waals surface area contributed by atoms with Crippen LogP contribution in [-0.4, -0.2) is 48.3 Å². The lowest BCUT2D eigenvalue weighted by atomic mass is 10.0. The van der Waals surface area contributed by atoms with Gasteiger partial charge in [0.25, 0.3) is 11.1 Å². The lowest BCUT2D eigenvalue weighted by Crippen LogP contribution is -2.47. The van der Waals surface area contributed by atoms with Crippen molar-refractivity contribution in [2.75, 3.05) is 20.3 Å². The van der Waals surface area contributed by atoms with E-state index in [4.69, 9.17) is 9.47 Å². The number of nitrogens with one attached hydrogen (secondary N) is 1. The predicted molar refractivity (Wildman–Crippen MR) is 113 cm³/mol. The maximum atomic E-state index is 14.5. The van der Waals surface area contributed by atoms with Crippen LogP contribution >= 0.6 is 11.8 Å². The van der Waals surface area contributed by atoms with E-state index < -0.39 is 17.0 Å². The smallest absolute Gasteiger partial charge is 0.290 e. The molecular weight excluding hydrogens is 423 g/mol. The first-order valence-corrected chi connectivity index (χ1v) is 10.4. The highest BCUT2D eigenvalue weighted by molar-refractivity contribution is 8.18. The van der Waals surface area contributed by atoms with Gasteiger partial charge < -0.3 is 14.4 Å². The molecule has 2 aliphatic heterocycles. The molecule has 0 aliphatic carbocycles. The van der Waals surface area contributed by atoms with Crippen LogP contribution in [0.1, 0.15) is 11.1 Å². The summed E-state index contributed by atoms with van der Waals surface area (Å²) >= 11 is 0.773. The molecule has 1 unspecified atom stereocenters. The van der Waals surface area contributed by atoms with Crippen LogP contribution in [0.4, 0.5) is 9.18 Å². The molecule has 7 nitrogen and oxygen atoms in total. The largest absolute Gasteiger partial charge is 0.454 e. The Bertz CT molecular complexity index is 1070. The van der Waals surface area contributed by atoms with E-state index in [1.165, 1.54) is 18.2 Å². The molecule has 2 saturated heterocycles. The quantitative estimate of drug-likeness (QED) is 0.715. The van der Waals surface area contributed by atoms with Crippen molar-refractivity contribution in [3.8, 4) is 11.5 Å². The number of thioether (sulfide) groups is 1. The molecular formula is C22H19FN2O5S. The minimum absolute atomic E-state index is 0.0254. The molecule has 1 N–H and O–H groups in total. The zero-order valence-corrected chi connectivity index (χ0v) is 17.4. The maximum absolute atomic E-state index is 14.5. The number of amides is 3. The summed E-state index contributed by atoms with van der Waals surface area (Å²) < 4.78 is 25.4. The summed E-state index contributed by atoms with van der Waals surface area (Å²) in [4.78, 5) is 36.5. The highest BCUT2D eigenvalue weighted by Crippen LogP contribution is 2.29. The highest BCUT2D eigenvalue weighted by Gasteiger charge is 2.26. The van der Waals surface area contributed by atoms with E-state index in [1.54, 1.807) is 30.1 Å². The van der Waals surface area contributed by atoms with Crippen molar-refractivity contribution in [3.63, 3.8) is 0 Å². The number of likely N-dealkylation sites (N-methyl/N-ethyl adjacent to an activating group) is 1. The third-order valence-corrected chi connectivity index (χ3v) is 5.81. The van der Waals surface area contributed by atoms with Crippen LogP contribution < -0.4 is 10.1 Å². The van der Waals surface area contributed by atoms with Crippen molar-refractivity contribution in [1.29, 1.82) is 0 Å². The zero-order valence-electron chi connectivity index (χ0n) is 16.6. The second-order valence-corrected chi connectivity index (χ2v) is 8.18. The average molecular weight is 442 g/mol. The number of carbonyl (C=O) groups is 3. The predicted octanol–water partition coefficient (Wildman–Crippen LogP) is 3.34. The van der Waals surface area contributed by atoms with Gasteiger partial charge in [0.15, 0.2) is 11.6 Å². The monoisotopic (exact) mass is 442 g/mol. The Labute approximate surface area is 182 Å². The number of morpholine rings is 1. The number of imide groups is 1. The van der Waals surface area contributed by atoms with Gasteiger partial charge in [-0.1, -0.05) is 18.2 Å². The first-order valence-electron chi connectivity index (χ1n) is 9.53. The molecule has 2 fully saturated rings. The summed E-state index contributed by atoms with van der Waals surface area (Å²) in [7, 11) is 1.77. The van der Waals surface area contributed by atoms with Crippen LogP contribution in [-0.2, 0) is 20.7 Å². The molecule has 2 aromatic rings. The van der Waals surface area contributed by atoms with Crippen LogP contribution in [0.5, 0.6) is 11.5 Å². The first kappa shape index (κ1) is 21.1. The maximum Gasteiger partial charge on any atom is 0.290 e. The van der Waals surface area contributed by atoms with Gasteiger partial charge in [0.1, 0.15) is 12.4 Å². The molecule has 0 bridgehead atoms. The van der Waals surface area contributed by atoms with Gasteiger partial charge in [-0.15, -0.1) is 0 Å². The van der Waals surface area contributed by atoms with E-state index in [2.05, 4.69) is 5.32 Å². The van der Waals surface area contributed by atoms with Crippen LogP contribution in [0.15, 0.2) is 47.4 Å². The SMILES string of the molecule is CN1C(=O)COCC1Cc1ccc(Oc2ccc(C=C3SC(=O)NC3=O)cc2F)cc1. The fourth-order valence-corrected chi connectivity index (χ4v) is 3.93. The van der Waals surface area contributed by atoms with Crippen molar-refractivity contribution in [3.05, 3.63) is 64.3 Å². The number of hydrogen-bond donors (Lipinski definition) is 1. The Kier molecular flexibility index (Phi) is 6.06. The molecule has 4 rings (SSSR count). The van der Waals surface area contributed by atoms with Crippen LogP contribution in [0.2, 0.25) is 0 Å². The fraction of sp³-hybridized carbons (Fsp3) is 0.227. The van der Waals surface area contributed by atoms with Gasteiger partial charge in [-0.2, -0.15) is 0 Å². The Morgan fingerprint density at radius 2 is 2.00 bits per heavy atom. The summed E-state index contributed by atoms with van der Waals surface area (Å²) in [5.74, 6) is -0.613. The third kappa shape index (κ3) is 4.95.